The van der Waals surface area contributed by atoms with Crippen LogP contribution in [0.15, 0.2) is 0 Å². The van der Waals surface area contributed by atoms with Crippen LogP contribution in [0.3, 0.4) is 0 Å². The predicted octanol–water partition coefficient (Wildman–Crippen LogP) is 4.47. The highest BCUT2D eigenvalue weighted by Gasteiger charge is 2.40. The highest BCUT2D eigenvalue weighted by Crippen LogP contribution is 2.49. The van der Waals surface area contributed by atoms with Gasteiger partial charge in [0, 0.05) is 5.88 Å². The van der Waals surface area contributed by atoms with E-state index in [0.29, 0.717) is 5.41 Å². The summed E-state index contributed by atoms with van der Waals surface area (Å²) in [7, 11) is 0. The lowest BCUT2D eigenvalue weighted by Crippen LogP contribution is -2.21. The first-order chi connectivity index (χ1) is 6.08. The molecule has 1 aliphatic rings. The molecule has 0 spiro atoms. The molecule has 0 aromatic rings. The Morgan fingerprint density at radius 1 is 1.38 bits per heavy atom. The summed E-state index contributed by atoms with van der Waals surface area (Å²) < 4.78 is 0. The van der Waals surface area contributed by atoms with Crippen molar-refractivity contribution in [2.75, 3.05) is 5.88 Å². The summed E-state index contributed by atoms with van der Waals surface area (Å²) in [5.41, 5.74) is 0.455. The van der Waals surface area contributed by atoms with Gasteiger partial charge in [-0.1, -0.05) is 33.6 Å². The molecule has 0 heterocycles. The van der Waals surface area contributed by atoms with Gasteiger partial charge in [0.05, 0.1) is 0 Å². The van der Waals surface area contributed by atoms with Crippen molar-refractivity contribution in [3.05, 3.63) is 0 Å². The zero-order chi connectivity index (χ0) is 9.90. The van der Waals surface area contributed by atoms with Gasteiger partial charge >= 0.3 is 0 Å². The van der Waals surface area contributed by atoms with Crippen molar-refractivity contribution in [2.24, 2.45) is 17.3 Å². The van der Waals surface area contributed by atoms with E-state index in [0.717, 1.165) is 17.7 Å². The van der Waals surface area contributed by atoms with Crippen molar-refractivity contribution in [1.82, 2.24) is 0 Å². The van der Waals surface area contributed by atoms with Gasteiger partial charge in [-0.05, 0) is 36.5 Å². The lowest BCUT2D eigenvalue weighted by Gasteiger charge is -2.27. The zero-order valence-electron chi connectivity index (χ0n) is 9.28. The molecule has 1 aliphatic carbocycles. The normalized spacial score (nSPS) is 21.9. The summed E-state index contributed by atoms with van der Waals surface area (Å²) in [5, 5.41) is 0. The minimum absolute atomic E-state index is 0.455. The van der Waals surface area contributed by atoms with E-state index < -0.39 is 0 Å². The molecule has 0 bridgehead atoms. The second-order valence-electron chi connectivity index (χ2n) is 5.35. The molecule has 0 saturated heterocycles. The Kier molecular flexibility index (Phi) is 4.09. The Morgan fingerprint density at radius 3 is 2.38 bits per heavy atom. The molecule has 1 atom stereocenters. The van der Waals surface area contributed by atoms with Crippen LogP contribution in [0.5, 0.6) is 0 Å². The average molecular weight is 203 g/mol. The maximum absolute atomic E-state index is 6.06. The lowest BCUT2D eigenvalue weighted by molar-refractivity contribution is 0.272. The molecule has 1 rings (SSSR count). The van der Waals surface area contributed by atoms with Crippen LogP contribution in [-0.2, 0) is 0 Å². The van der Waals surface area contributed by atoms with E-state index >= 15 is 0 Å². The molecule has 78 valence electrons. The number of rotatable bonds is 6. The summed E-state index contributed by atoms with van der Waals surface area (Å²) >= 11 is 6.06. The molecule has 0 nitrogen and oxygen atoms in total. The van der Waals surface area contributed by atoms with Gasteiger partial charge in [-0.25, -0.2) is 0 Å². The summed E-state index contributed by atoms with van der Waals surface area (Å²) in [6.45, 7) is 6.97. The highest BCUT2D eigenvalue weighted by molar-refractivity contribution is 6.18. The van der Waals surface area contributed by atoms with Crippen molar-refractivity contribution >= 4 is 11.6 Å². The fourth-order valence-corrected chi connectivity index (χ4v) is 2.43. The zero-order valence-corrected chi connectivity index (χ0v) is 10.0. The summed E-state index contributed by atoms with van der Waals surface area (Å²) in [6, 6.07) is 0. The molecule has 13 heavy (non-hydrogen) atoms. The third-order valence-corrected chi connectivity index (χ3v) is 4.01. The third-order valence-electron chi connectivity index (χ3n) is 3.40. The molecule has 1 fully saturated rings. The van der Waals surface area contributed by atoms with Crippen LogP contribution in [0, 0.1) is 17.3 Å². The van der Waals surface area contributed by atoms with E-state index in [1.807, 2.05) is 0 Å². The number of hydrogen-bond donors (Lipinski definition) is 0. The van der Waals surface area contributed by atoms with Crippen molar-refractivity contribution in [2.45, 2.75) is 52.9 Å². The van der Waals surface area contributed by atoms with Gasteiger partial charge < -0.3 is 0 Å². The molecule has 0 N–H and O–H groups in total. The summed E-state index contributed by atoms with van der Waals surface area (Å²) in [4.78, 5) is 0. The lowest BCUT2D eigenvalue weighted by atomic mass is 9.81. The van der Waals surface area contributed by atoms with Crippen LogP contribution in [0.4, 0.5) is 0 Å². The molecule has 0 aromatic heterocycles. The van der Waals surface area contributed by atoms with Crippen LogP contribution >= 0.6 is 11.6 Å². The standard InChI is InChI=1S/C12H23Cl/c1-10(2)5-4-8-12(3,9-13)11-6-7-11/h10-11H,4-9H2,1-3H3. The number of hydrogen-bond acceptors (Lipinski definition) is 0. The Balaban J connectivity index is 2.23. The van der Waals surface area contributed by atoms with Gasteiger partial charge in [0.1, 0.15) is 0 Å². The van der Waals surface area contributed by atoms with E-state index in [9.17, 15) is 0 Å². The Labute approximate surface area is 88.1 Å². The molecule has 0 radical (unpaired) electrons. The van der Waals surface area contributed by atoms with Crippen molar-refractivity contribution < 1.29 is 0 Å². The molecule has 0 aromatic carbocycles. The average Bonchev–Trinajstić information content (AvgIpc) is 2.85. The van der Waals surface area contributed by atoms with E-state index in [2.05, 4.69) is 20.8 Å². The van der Waals surface area contributed by atoms with Gasteiger partial charge in [-0.2, -0.15) is 0 Å². The molecular formula is C12H23Cl. The van der Waals surface area contributed by atoms with Crippen LogP contribution in [0.1, 0.15) is 52.9 Å². The fourth-order valence-electron chi connectivity index (χ4n) is 2.07. The minimum Gasteiger partial charge on any atom is -0.126 e. The molecule has 0 aliphatic heterocycles. The minimum atomic E-state index is 0.455. The van der Waals surface area contributed by atoms with Crippen LogP contribution in [-0.4, -0.2) is 5.88 Å². The number of halogens is 1. The maximum atomic E-state index is 6.06. The van der Waals surface area contributed by atoms with Crippen LogP contribution < -0.4 is 0 Å². The predicted molar refractivity (Wildman–Crippen MR) is 60.2 cm³/mol. The highest BCUT2D eigenvalue weighted by atomic mass is 35.5. The SMILES string of the molecule is CC(C)CCCC(C)(CCl)C1CC1. The van der Waals surface area contributed by atoms with Crippen LogP contribution in [0.2, 0.25) is 0 Å². The first kappa shape index (κ1) is 11.4. The van der Waals surface area contributed by atoms with Gasteiger partial charge in [0.15, 0.2) is 0 Å². The van der Waals surface area contributed by atoms with Gasteiger partial charge in [0.2, 0.25) is 0 Å². The van der Waals surface area contributed by atoms with E-state index in [4.69, 9.17) is 11.6 Å². The van der Waals surface area contributed by atoms with Gasteiger partial charge in [-0.15, -0.1) is 11.6 Å². The van der Waals surface area contributed by atoms with E-state index in [-0.39, 0.29) is 0 Å². The Bertz CT molecular complexity index is 149. The molecule has 1 unspecified atom stereocenters. The van der Waals surface area contributed by atoms with Gasteiger partial charge in [-0.3, -0.25) is 0 Å². The Morgan fingerprint density at radius 2 is 2.00 bits per heavy atom. The molecule has 1 saturated carbocycles. The smallest absolute Gasteiger partial charge is 0.0280 e. The maximum Gasteiger partial charge on any atom is 0.0280 e. The van der Waals surface area contributed by atoms with E-state index in [1.54, 1.807) is 0 Å². The van der Waals surface area contributed by atoms with Crippen molar-refractivity contribution in [1.29, 1.82) is 0 Å². The first-order valence-electron chi connectivity index (χ1n) is 5.64. The number of alkyl halides is 1. The Hall–Kier alpha value is 0.290. The quantitative estimate of drug-likeness (QED) is 0.558. The van der Waals surface area contributed by atoms with Crippen molar-refractivity contribution in [3.63, 3.8) is 0 Å². The van der Waals surface area contributed by atoms with Gasteiger partial charge in [0.25, 0.3) is 0 Å². The molecular weight excluding hydrogens is 180 g/mol. The second kappa shape index (κ2) is 4.68. The summed E-state index contributed by atoms with van der Waals surface area (Å²) in [5.74, 6) is 2.64. The molecule has 1 heteroatoms. The monoisotopic (exact) mass is 202 g/mol. The third kappa shape index (κ3) is 3.50. The first-order valence-corrected chi connectivity index (χ1v) is 6.18. The largest absolute Gasteiger partial charge is 0.126 e. The van der Waals surface area contributed by atoms with Crippen molar-refractivity contribution in [3.8, 4) is 0 Å². The van der Waals surface area contributed by atoms with Crippen LogP contribution in [0.25, 0.3) is 0 Å². The summed E-state index contributed by atoms with van der Waals surface area (Å²) in [6.07, 6.45) is 6.89. The fraction of sp³-hybridized carbons (Fsp3) is 1.00. The second-order valence-corrected chi connectivity index (χ2v) is 5.62. The van der Waals surface area contributed by atoms with E-state index in [1.165, 1.54) is 32.1 Å². The topological polar surface area (TPSA) is 0 Å². The molecule has 0 amide bonds.